The maximum Gasteiger partial charge on any atom is 0.269 e. The van der Waals surface area contributed by atoms with Crippen molar-refractivity contribution in [2.75, 3.05) is 0 Å². The van der Waals surface area contributed by atoms with Crippen LogP contribution in [0.4, 0.5) is 14.5 Å². The molecule has 0 saturated heterocycles. The van der Waals surface area contributed by atoms with Crippen molar-refractivity contribution in [1.82, 2.24) is 0 Å². The second-order valence-electron chi connectivity index (χ2n) is 4.27. The number of benzene rings is 2. The first-order chi connectivity index (χ1) is 9.47. The SMILES string of the molecule is O=[N+]([O-])c1ccc(CC(Br)c2ccc(F)c(F)c2)cc1. The lowest BCUT2D eigenvalue weighted by molar-refractivity contribution is -0.384. The number of nitro groups is 1. The summed E-state index contributed by atoms with van der Waals surface area (Å²) in [4.78, 5) is 9.88. The smallest absolute Gasteiger partial charge is 0.258 e. The summed E-state index contributed by atoms with van der Waals surface area (Å²) in [6.45, 7) is 0. The first-order valence-electron chi connectivity index (χ1n) is 5.79. The Morgan fingerprint density at radius 2 is 1.75 bits per heavy atom. The van der Waals surface area contributed by atoms with Crippen molar-refractivity contribution in [1.29, 1.82) is 0 Å². The molecule has 6 heteroatoms. The third-order valence-electron chi connectivity index (χ3n) is 2.87. The Morgan fingerprint density at radius 1 is 1.10 bits per heavy atom. The van der Waals surface area contributed by atoms with E-state index in [4.69, 9.17) is 0 Å². The molecule has 0 aliphatic rings. The minimum atomic E-state index is -0.893. The van der Waals surface area contributed by atoms with Crippen molar-refractivity contribution in [2.45, 2.75) is 11.2 Å². The van der Waals surface area contributed by atoms with Gasteiger partial charge in [-0.2, -0.15) is 0 Å². The molecule has 2 rings (SSSR count). The molecular weight excluding hydrogens is 332 g/mol. The van der Waals surface area contributed by atoms with Crippen LogP contribution in [0, 0.1) is 21.7 Å². The van der Waals surface area contributed by atoms with Crippen LogP contribution in [0.25, 0.3) is 0 Å². The van der Waals surface area contributed by atoms with E-state index >= 15 is 0 Å². The number of rotatable bonds is 4. The largest absolute Gasteiger partial charge is 0.269 e. The fraction of sp³-hybridized carbons (Fsp3) is 0.143. The Kier molecular flexibility index (Phi) is 4.44. The van der Waals surface area contributed by atoms with E-state index in [9.17, 15) is 18.9 Å². The van der Waals surface area contributed by atoms with Crippen LogP contribution < -0.4 is 0 Å². The molecule has 0 N–H and O–H groups in total. The van der Waals surface area contributed by atoms with Gasteiger partial charge in [-0.3, -0.25) is 10.1 Å². The zero-order valence-electron chi connectivity index (χ0n) is 10.2. The van der Waals surface area contributed by atoms with E-state index in [1.54, 1.807) is 12.1 Å². The number of nitrogens with zero attached hydrogens (tertiary/aromatic N) is 1. The van der Waals surface area contributed by atoms with Gasteiger partial charge in [0.05, 0.1) is 4.92 Å². The van der Waals surface area contributed by atoms with Crippen LogP contribution >= 0.6 is 15.9 Å². The Labute approximate surface area is 122 Å². The maximum atomic E-state index is 13.1. The van der Waals surface area contributed by atoms with Crippen LogP contribution in [0.15, 0.2) is 42.5 Å². The summed E-state index contributed by atoms with van der Waals surface area (Å²) < 4.78 is 26.0. The van der Waals surface area contributed by atoms with Crippen molar-refractivity contribution in [2.24, 2.45) is 0 Å². The molecule has 0 radical (unpaired) electrons. The number of hydrogen-bond donors (Lipinski definition) is 0. The van der Waals surface area contributed by atoms with Gasteiger partial charge < -0.3 is 0 Å². The number of alkyl halides is 1. The molecule has 0 aliphatic carbocycles. The summed E-state index contributed by atoms with van der Waals surface area (Å²) in [6, 6.07) is 9.84. The van der Waals surface area contributed by atoms with E-state index in [1.165, 1.54) is 18.2 Å². The second kappa shape index (κ2) is 6.09. The van der Waals surface area contributed by atoms with Crippen LogP contribution in [0.5, 0.6) is 0 Å². The Hall–Kier alpha value is -1.82. The normalized spacial score (nSPS) is 12.2. The molecule has 20 heavy (non-hydrogen) atoms. The average Bonchev–Trinajstić information content (AvgIpc) is 2.42. The Balaban J connectivity index is 2.12. The highest BCUT2D eigenvalue weighted by atomic mass is 79.9. The maximum absolute atomic E-state index is 13.1. The molecule has 0 bridgehead atoms. The average molecular weight is 342 g/mol. The molecule has 0 aromatic heterocycles. The zero-order valence-corrected chi connectivity index (χ0v) is 11.8. The summed E-state index contributed by atoms with van der Waals surface area (Å²) in [5.74, 6) is -1.78. The van der Waals surface area contributed by atoms with E-state index in [0.29, 0.717) is 12.0 Å². The number of nitro benzene ring substituents is 1. The van der Waals surface area contributed by atoms with Crippen molar-refractivity contribution in [3.63, 3.8) is 0 Å². The first-order valence-corrected chi connectivity index (χ1v) is 6.71. The third kappa shape index (κ3) is 3.39. The van der Waals surface area contributed by atoms with Crippen LogP contribution in [0.3, 0.4) is 0 Å². The molecule has 0 heterocycles. The molecule has 3 nitrogen and oxygen atoms in total. The van der Waals surface area contributed by atoms with Gasteiger partial charge in [0.25, 0.3) is 5.69 Å². The highest BCUT2D eigenvalue weighted by molar-refractivity contribution is 9.09. The lowest BCUT2D eigenvalue weighted by Gasteiger charge is -2.10. The van der Waals surface area contributed by atoms with Crippen molar-refractivity contribution >= 4 is 21.6 Å². The Bertz CT molecular complexity index is 632. The zero-order chi connectivity index (χ0) is 14.7. The molecule has 104 valence electrons. The second-order valence-corrected chi connectivity index (χ2v) is 5.37. The van der Waals surface area contributed by atoms with Gasteiger partial charge in [0.1, 0.15) is 0 Å². The third-order valence-corrected chi connectivity index (χ3v) is 3.72. The Morgan fingerprint density at radius 3 is 2.30 bits per heavy atom. The van der Waals surface area contributed by atoms with Crippen LogP contribution in [0.1, 0.15) is 16.0 Å². The molecular formula is C14H10BrF2NO2. The van der Waals surface area contributed by atoms with Crippen LogP contribution in [0.2, 0.25) is 0 Å². The van der Waals surface area contributed by atoms with E-state index in [0.717, 1.165) is 17.7 Å². The first kappa shape index (κ1) is 14.6. The molecule has 2 aromatic rings. The molecule has 1 atom stereocenters. The van der Waals surface area contributed by atoms with Gasteiger partial charge >= 0.3 is 0 Å². The lowest BCUT2D eigenvalue weighted by atomic mass is 10.0. The summed E-state index contributed by atoms with van der Waals surface area (Å²) in [5.41, 5.74) is 1.50. The number of halogens is 3. The van der Waals surface area contributed by atoms with Gasteiger partial charge in [-0.15, -0.1) is 0 Å². The molecule has 0 spiro atoms. The van der Waals surface area contributed by atoms with E-state index in [-0.39, 0.29) is 10.5 Å². The highest BCUT2D eigenvalue weighted by Crippen LogP contribution is 2.28. The van der Waals surface area contributed by atoms with Crippen molar-refractivity contribution in [3.05, 3.63) is 75.3 Å². The fourth-order valence-electron chi connectivity index (χ4n) is 1.79. The fourth-order valence-corrected chi connectivity index (χ4v) is 2.44. The van der Waals surface area contributed by atoms with Gasteiger partial charge in [0.15, 0.2) is 11.6 Å². The molecule has 1 unspecified atom stereocenters. The molecule has 0 saturated carbocycles. The van der Waals surface area contributed by atoms with Crippen LogP contribution in [-0.4, -0.2) is 4.92 Å². The van der Waals surface area contributed by atoms with Gasteiger partial charge in [-0.05, 0) is 29.7 Å². The summed E-state index contributed by atoms with van der Waals surface area (Å²) in [5, 5.41) is 10.5. The topological polar surface area (TPSA) is 43.1 Å². The monoisotopic (exact) mass is 341 g/mol. The minimum Gasteiger partial charge on any atom is -0.258 e. The van der Waals surface area contributed by atoms with Gasteiger partial charge in [-0.25, -0.2) is 8.78 Å². The molecule has 2 aromatic carbocycles. The quantitative estimate of drug-likeness (QED) is 0.465. The predicted octanol–water partition coefficient (Wildman–Crippen LogP) is 4.55. The summed E-state index contributed by atoms with van der Waals surface area (Å²) in [7, 11) is 0. The number of non-ortho nitro benzene ring substituents is 1. The molecule has 0 fully saturated rings. The predicted molar refractivity (Wildman–Crippen MR) is 74.8 cm³/mol. The van der Waals surface area contributed by atoms with Gasteiger partial charge in [-0.1, -0.05) is 34.1 Å². The molecule has 0 aliphatic heterocycles. The highest BCUT2D eigenvalue weighted by Gasteiger charge is 2.12. The van der Waals surface area contributed by atoms with E-state index in [1.807, 2.05) is 0 Å². The summed E-state index contributed by atoms with van der Waals surface area (Å²) >= 11 is 3.41. The molecule has 0 amide bonds. The summed E-state index contributed by atoms with van der Waals surface area (Å²) in [6.07, 6.45) is 0.517. The minimum absolute atomic E-state index is 0.0210. The number of hydrogen-bond acceptors (Lipinski definition) is 2. The van der Waals surface area contributed by atoms with E-state index < -0.39 is 16.6 Å². The van der Waals surface area contributed by atoms with Gasteiger partial charge in [0.2, 0.25) is 0 Å². The van der Waals surface area contributed by atoms with Crippen molar-refractivity contribution < 1.29 is 13.7 Å². The van der Waals surface area contributed by atoms with Gasteiger partial charge in [0, 0.05) is 17.0 Å². The van der Waals surface area contributed by atoms with Crippen LogP contribution in [-0.2, 0) is 6.42 Å². The van der Waals surface area contributed by atoms with E-state index in [2.05, 4.69) is 15.9 Å². The lowest BCUT2D eigenvalue weighted by Crippen LogP contribution is -1.98. The van der Waals surface area contributed by atoms with Crippen molar-refractivity contribution in [3.8, 4) is 0 Å². The standard InChI is InChI=1S/C14H10BrF2NO2/c15-12(10-3-6-13(16)14(17)8-10)7-9-1-4-11(5-2-9)18(19)20/h1-6,8,12H,7H2.